The van der Waals surface area contributed by atoms with Crippen molar-refractivity contribution in [3.8, 4) is 6.07 Å². The molecule has 4 nitrogen and oxygen atoms in total. The minimum atomic E-state index is -0.272. The molecule has 4 heteroatoms. The molecule has 0 bridgehead atoms. The van der Waals surface area contributed by atoms with Crippen LogP contribution in [0.5, 0.6) is 0 Å². The number of nitrogens with zero attached hydrogens (tertiary/aromatic N) is 3. The SMILES string of the molecule is Cc1cc(C)c(C#N)c(N2CC[C@H](O)CC(C)(C)C2)n1. The maximum absolute atomic E-state index is 10.0. The molecule has 0 radical (unpaired) electrons. The average Bonchev–Trinajstić information content (AvgIpc) is 2.45. The second kappa shape index (κ2) is 5.41. The van der Waals surface area contributed by atoms with Crippen LogP contribution in [-0.2, 0) is 0 Å². The van der Waals surface area contributed by atoms with E-state index in [2.05, 4.69) is 29.8 Å². The average molecular weight is 273 g/mol. The number of hydrogen-bond acceptors (Lipinski definition) is 4. The van der Waals surface area contributed by atoms with Gasteiger partial charge in [-0.2, -0.15) is 5.26 Å². The fraction of sp³-hybridized carbons (Fsp3) is 0.625. The van der Waals surface area contributed by atoms with Crippen LogP contribution in [0, 0.1) is 30.6 Å². The van der Waals surface area contributed by atoms with Crippen molar-refractivity contribution in [1.29, 1.82) is 5.26 Å². The van der Waals surface area contributed by atoms with Crippen molar-refractivity contribution in [1.82, 2.24) is 4.98 Å². The van der Waals surface area contributed by atoms with Gasteiger partial charge in [0.25, 0.3) is 0 Å². The van der Waals surface area contributed by atoms with E-state index in [9.17, 15) is 10.4 Å². The van der Waals surface area contributed by atoms with E-state index < -0.39 is 0 Å². The van der Waals surface area contributed by atoms with Gasteiger partial charge in [0.1, 0.15) is 11.9 Å². The Morgan fingerprint density at radius 1 is 1.45 bits per heavy atom. The molecule has 1 atom stereocenters. The Hall–Kier alpha value is -1.60. The van der Waals surface area contributed by atoms with Crippen LogP contribution in [0.2, 0.25) is 0 Å². The van der Waals surface area contributed by atoms with Gasteiger partial charge in [0.15, 0.2) is 0 Å². The molecule has 1 N–H and O–H groups in total. The first kappa shape index (κ1) is 14.8. The van der Waals surface area contributed by atoms with Crippen molar-refractivity contribution in [3.05, 3.63) is 22.9 Å². The standard InChI is InChI=1S/C16H23N3O/c1-11-7-12(2)18-15(14(11)9-17)19-6-5-13(20)8-16(3,4)10-19/h7,13,20H,5-6,8,10H2,1-4H3/t13-/m0/s1. The summed E-state index contributed by atoms with van der Waals surface area (Å²) >= 11 is 0. The molecule has 1 fully saturated rings. The zero-order valence-corrected chi connectivity index (χ0v) is 12.8. The van der Waals surface area contributed by atoms with Crippen LogP contribution in [0.1, 0.15) is 43.5 Å². The van der Waals surface area contributed by atoms with Crippen molar-refractivity contribution in [3.63, 3.8) is 0 Å². The summed E-state index contributed by atoms with van der Waals surface area (Å²) in [6.07, 6.45) is 1.24. The number of aromatic nitrogens is 1. The predicted octanol–water partition coefficient (Wildman–Crippen LogP) is 2.56. The van der Waals surface area contributed by atoms with Crippen molar-refractivity contribution in [2.75, 3.05) is 18.0 Å². The smallest absolute Gasteiger partial charge is 0.147 e. The van der Waals surface area contributed by atoms with Gasteiger partial charge in [-0.15, -0.1) is 0 Å². The van der Waals surface area contributed by atoms with Crippen molar-refractivity contribution >= 4 is 5.82 Å². The Morgan fingerprint density at radius 2 is 2.15 bits per heavy atom. The Bertz CT molecular complexity index is 545. The fourth-order valence-electron chi connectivity index (χ4n) is 3.07. The van der Waals surface area contributed by atoms with Gasteiger partial charge in [0.05, 0.1) is 11.7 Å². The second-order valence-electron chi connectivity index (χ2n) is 6.62. The van der Waals surface area contributed by atoms with E-state index in [1.807, 2.05) is 19.9 Å². The van der Waals surface area contributed by atoms with E-state index in [1.54, 1.807) is 0 Å². The lowest BCUT2D eigenvalue weighted by Gasteiger charge is -2.31. The summed E-state index contributed by atoms with van der Waals surface area (Å²) in [6, 6.07) is 4.22. The molecule has 2 heterocycles. The molecule has 108 valence electrons. The van der Waals surface area contributed by atoms with E-state index in [4.69, 9.17) is 0 Å². The Kier molecular flexibility index (Phi) is 4.01. The number of nitriles is 1. The van der Waals surface area contributed by atoms with Gasteiger partial charge in [0, 0.05) is 18.8 Å². The van der Waals surface area contributed by atoms with Crippen LogP contribution >= 0.6 is 0 Å². The molecule has 20 heavy (non-hydrogen) atoms. The van der Waals surface area contributed by atoms with Crippen LogP contribution < -0.4 is 4.90 Å². The van der Waals surface area contributed by atoms with E-state index in [-0.39, 0.29) is 11.5 Å². The van der Waals surface area contributed by atoms with Gasteiger partial charge in [-0.25, -0.2) is 4.98 Å². The van der Waals surface area contributed by atoms with Crippen LogP contribution in [-0.4, -0.2) is 29.3 Å². The minimum Gasteiger partial charge on any atom is -0.393 e. The zero-order valence-electron chi connectivity index (χ0n) is 12.8. The third kappa shape index (κ3) is 3.10. The molecule has 1 aromatic rings. The molecule has 0 aliphatic carbocycles. The highest BCUT2D eigenvalue weighted by Crippen LogP contribution is 2.32. The number of aliphatic hydroxyl groups is 1. The molecule has 0 aromatic carbocycles. The van der Waals surface area contributed by atoms with Crippen LogP contribution in [0.25, 0.3) is 0 Å². The van der Waals surface area contributed by atoms with Gasteiger partial charge < -0.3 is 10.0 Å². The summed E-state index contributed by atoms with van der Waals surface area (Å²) in [4.78, 5) is 6.74. The predicted molar refractivity (Wildman–Crippen MR) is 79.7 cm³/mol. The van der Waals surface area contributed by atoms with Gasteiger partial charge >= 0.3 is 0 Å². The quantitative estimate of drug-likeness (QED) is 0.854. The van der Waals surface area contributed by atoms with Gasteiger partial charge in [0.2, 0.25) is 0 Å². The maximum Gasteiger partial charge on any atom is 0.147 e. The first-order chi connectivity index (χ1) is 9.32. The molecule has 2 rings (SSSR count). The van der Waals surface area contributed by atoms with E-state index in [0.717, 1.165) is 43.0 Å². The first-order valence-corrected chi connectivity index (χ1v) is 7.14. The van der Waals surface area contributed by atoms with E-state index >= 15 is 0 Å². The molecule has 1 aliphatic rings. The molecular weight excluding hydrogens is 250 g/mol. The monoisotopic (exact) mass is 273 g/mol. The van der Waals surface area contributed by atoms with Gasteiger partial charge in [-0.1, -0.05) is 13.8 Å². The normalized spacial score (nSPS) is 22.2. The summed E-state index contributed by atoms with van der Waals surface area (Å²) in [5.41, 5.74) is 2.57. The fourth-order valence-corrected chi connectivity index (χ4v) is 3.07. The van der Waals surface area contributed by atoms with Crippen molar-refractivity contribution in [2.45, 2.75) is 46.6 Å². The number of rotatable bonds is 1. The summed E-state index contributed by atoms with van der Waals surface area (Å²) in [5, 5.41) is 19.4. The van der Waals surface area contributed by atoms with Gasteiger partial charge in [-0.3, -0.25) is 0 Å². The molecule has 0 spiro atoms. The molecule has 0 saturated carbocycles. The van der Waals surface area contributed by atoms with Crippen molar-refractivity contribution < 1.29 is 5.11 Å². The Morgan fingerprint density at radius 3 is 2.80 bits per heavy atom. The Balaban J connectivity index is 2.43. The molecular formula is C16H23N3O. The topological polar surface area (TPSA) is 60.2 Å². The third-order valence-corrected chi connectivity index (χ3v) is 3.88. The lowest BCUT2D eigenvalue weighted by Crippen LogP contribution is -2.34. The van der Waals surface area contributed by atoms with Crippen LogP contribution in [0.3, 0.4) is 0 Å². The summed E-state index contributed by atoms with van der Waals surface area (Å²) in [6.45, 7) is 9.78. The minimum absolute atomic E-state index is 0.0158. The highest BCUT2D eigenvalue weighted by Gasteiger charge is 2.30. The number of hydrogen-bond donors (Lipinski definition) is 1. The largest absolute Gasteiger partial charge is 0.393 e. The Labute approximate surface area is 121 Å². The molecule has 1 saturated heterocycles. The number of anilines is 1. The maximum atomic E-state index is 10.0. The van der Waals surface area contributed by atoms with Crippen molar-refractivity contribution in [2.24, 2.45) is 5.41 Å². The summed E-state index contributed by atoms with van der Waals surface area (Å²) in [5.74, 6) is 0.771. The lowest BCUT2D eigenvalue weighted by atomic mass is 9.87. The highest BCUT2D eigenvalue weighted by atomic mass is 16.3. The molecule has 1 aliphatic heterocycles. The first-order valence-electron chi connectivity index (χ1n) is 7.14. The molecule has 0 unspecified atom stereocenters. The van der Waals surface area contributed by atoms with Gasteiger partial charge in [-0.05, 0) is 43.7 Å². The number of pyridine rings is 1. The second-order valence-corrected chi connectivity index (χ2v) is 6.62. The number of aryl methyl sites for hydroxylation is 2. The zero-order chi connectivity index (χ0) is 14.9. The van der Waals surface area contributed by atoms with E-state index in [1.165, 1.54) is 0 Å². The highest BCUT2D eigenvalue weighted by molar-refractivity contribution is 5.58. The van der Waals surface area contributed by atoms with Crippen LogP contribution in [0.4, 0.5) is 5.82 Å². The molecule has 0 amide bonds. The number of aliphatic hydroxyl groups excluding tert-OH is 1. The summed E-state index contributed by atoms with van der Waals surface area (Å²) in [7, 11) is 0. The molecule has 1 aromatic heterocycles. The summed E-state index contributed by atoms with van der Waals surface area (Å²) < 4.78 is 0. The van der Waals surface area contributed by atoms with Crippen LogP contribution in [0.15, 0.2) is 6.07 Å². The lowest BCUT2D eigenvalue weighted by molar-refractivity contribution is 0.123. The van der Waals surface area contributed by atoms with E-state index in [0.29, 0.717) is 5.56 Å². The third-order valence-electron chi connectivity index (χ3n) is 3.88.